The summed E-state index contributed by atoms with van der Waals surface area (Å²) in [5, 5.41) is 9.20. The number of ether oxygens (including phenoxy) is 1. The van der Waals surface area contributed by atoms with Gasteiger partial charge >= 0.3 is 12.1 Å². The molecular weight excluding hydrogens is 431 g/mol. The van der Waals surface area contributed by atoms with Crippen molar-refractivity contribution in [1.82, 2.24) is 4.98 Å². The summed E-state index contributed by atoms with van der Waals surface area (Å²) in [6.07, 6.45) is -2.56. The van der Waals surface area contributed by atoms with Gasteiger partial charge in [0, 0.05) is 18.0 Å². The monoisotopic (exact) mass is 451 g/mol. The highest BCUT2D eigenvalue weighted by molar-refractivity contribution is 5.96. The van der Waals surface area contributed by atoms with Gasteiger partial charge in [0.1, 0.15) is 12.4 Å². The molecule has 0 atom stereocenters. The fourth-order valence-electron chi connectivity index (χ4n) is 3.63. The fraction of sp³-hybridized carbons (Fsp3) is 0.154. The van der Waals surface area contributed by atoms with Crippen LogP contribution in [-0.2, 0) is 24.0 Å². The molecule has 0 aliphatic carbocycles. The molecule has 0 bridgehead atoms. The number of nitrogens with zero attached hydrogens (tertiary/aromatic N) is 1. The van der Waals surface area contributed by atoms with Gasteiger partial charge in [-0.15, -0.1) is 0 Å². The van der Waals surface area contributed by atoms with E-state index in [1.54, 1.807) is 30.3 Å². The van der Waals surface area contributed by atoms with E-state index >= 15 is 0 Å². The summed E-state index contributed by atoms with van der Waals surface area (Å²) in [5.74, 6) is -0.252. The third-order valence-electron chi connectivity index (χ3n) is 5.28. The fourth-order valence-corrected chi connectivity index (χ4v) is 3.63. The normalized spacial score (nSPS) is 11.5. The van der Waals surface area contributed by atoms with Crippen molar-refractivity contribution in [3.8, 4) is 16.9 Å². The molecule has 0 saturated heterocycles. The van der Waals surface area contributed by atoms with E-state index in [0.717, 1.165) is 22.8 Å². The van der Waals surface area contributed by atoms with Crippen molar-refractivity contribution in [1.29, 1.82) is 0 Å². The number of halogens is 3. The summed E-state index contributed by atoms with van der Waals surface area (Å²) in [7, 11) is 0. The van der Waals surface area contributed by atoms with Crippen LogP contribution >= 0.6 is 0 Å². The number of aromatic nitrogens is 1. The predicted octanol–water partition coefficient (Wildman–Crippen LogP) is 6.52. The average Bonchev–Trinajstić information content (AvgIpc) is 2.81. The Morgan fingerprint density at radius 3 is 2.39 bits per heavy atom. The quantitative estimate of drug-likeness (QED) is 0.348. The van der Waals surface area contributed by atoms with E-state index in [1.165, 1.54) is 12.3 Å². The second-order valence-electron chi connectivity index (χ2n) is 7.58. The molecule has 0 spiro atoms. The van der Waals surface area contributed by atoms with E-state index in [-0.39, 0.29) is 11.9 Å². The van der Waals surface area contributed by atoms with Gasteiger partial charge in [-0.1, -0.05) is 48.5 Å². The minimum Gasteiger partial charge on any atom is -0.489 e. The molecule has 0 saturated carbocycles. The molecule has 0 amide bonds. The van der Waals surface area contributed by atoms with Crippen LogP contribution in [0, 0.1) is 0 Å². The SMILES string of the molecule is O=C(O)CCc1ccc(COc2cccc(-c3ccnc4c(C(F)(F)F)cccc34)c2)cc1. The number of hydrogen-bond donors (Lipinski definition) is 1. The Balaban J connectivity index is 1.54. The molecule has 0 aliphatic rings. The predicted molar refractivity (Wildman–Crippen MR) is 119 cm³/mol. The maximum atomic E-state index is 13.4. The van der Waals surface area contributed by atoms with E-state index < -0.39 is 17.7 Å². The Kier molecular flexibility index (Phi) is 6.31. The standard InChI is InChI=1S/C26H20F3NO3/c27-26(28,29)23-6-2-5-22-21(13-14-30-25(22)23)19-3-1-4-20(15-19)33-16-18-9-7-17(8-10-18)11-12-24(31)32/h1-10,13-15H,11-12,16H2,(H,31,32). The van der Waals surface area contributed by atoms with Crippen molar-refractivity contribution in [2.24, 2.45) is 0 Å². The van der Waals surface area contributed by atoms with Gasteiger partial charge in [0.15, 0.2) is 0 Å². The highest BCUT2D eigenvalue weighted by Crippen LogP contribution is 2.37. The summed E-state index contributed by atoms with van der Waals surface area (Å²) < 4.78 is 46.1. The van der Waals surface area contributed by atoms with Gasteiger partial charge in [0.05, 0.1) is 11.1 Å². The Morgan fingerprint density at radius 1 is 0.939 bits per heavy atom. The molecule has 1 heterocycles. The molecule has 0 fully saturated rings. The number of carboxylic acid groups (broad SMARTS) is 1. The Morgan fingerprint density at radius 2 is 1.67 bits per heavy atom. The van der Waals surface area contributed by atoms with Crippen LogP contribution in [-0.4, -0.2) is 16.1 Å². The number of pyridine rings is 1. The van der Waals surface area contributed by atoms with Gasteiger partial charge in [-0.05, 0) is 52.9 Å². The zero-order valence-electron chi connectivity index (χ0n) is 17.5. The lowest BCUT2D eigenvalue weighted by Crippen LogP contribution is -2.06. The maximum Gasteiger partial charge on any atom is 0.418 e. The number of benzene rings is 3. The smallest absolute Gasteiger partial charge is 0.418 e. The highest BCUT2D eigenvalue weighted by atomic mass is 19.4. The van der Waals surface area contributed by atoms with Gasteiger partial charge in [-0.2, -0.15) is 13.2 Å². The molecule has 1 aromatic heterocycles. The zero-order valence-corrected chi connectivity index (χ0v) is 17.5. The number of para-hydroxylation sites is 1. The van der Waals surface area contributed by atoms with Crippen molar-refractivity contribution in [3.63, 3.8) is 0 Å². The molecule has 7 heteroatoms. The minimum atomic E-state index is -4.49. The molecule has 1 N–H and O–H groups in total. The molecule has 4 aromatic rings. The largest absolute Gasteiger partial charge is 0.489 e. The Labute approximate surface area is 188 Å². The molecule has 4 rings (SSSR count). The van der Waals surface area contributed by atoms with Crippen LogP contribution in [0.2, 0.25) is 0 Å². The van der Waals surface area contributed by atoms with E-state index in [9.17, 15) is 18.0 Å². The number of rotatable bonds is 7. The summed E-state index contributed by atoms with van der Waals surface area (Å²) in [4.78, 5) is 14.7. The number of aryl methyl sites for hydroxylation is 1. The van der Waals surface area contributed by atoms with Crippen LogP contribution in [0.15, 0.2) is 79.0 Å². The van der Waals surface area contributed by atoms with Crippen molar-refractivity contribution in [2.45, 2.75) is 25.6 Å². The minimum absolute atomic E-state index is 0.0801. The third kappa shape index (κ3) is 5.31. The second kappa shape index (κ2) is 9.32. The van der Waals surface area contributed by atoms with E-state index in [2.05, 4.69) is 4.98 Å². The van der Waals surface area contributed by atoms with Crippen LogP contribution in [0.3, 0.4) is 0 Å². The summed E-state index contributed by atoms with van der Waals surface area (Å²) in [6, 6.07) is 20.4. The van der Waals surface area contributed by atoms with Crippen molar-refractivity contribution in [2.75, 3.05) is 0 Å². The lowest BCUT2D eigenvalue weighted by molar-refractivity contribution is -0.137. The van der Waals surface area contributed by atoms with Gasteiger partial charge in [0.2, 0.25) is 0 Å². The van der Waals surface area contributed by atoms with Crippen molar-refractivity contribution in [3.05, 3.63) is 95.7 Å². The van der Waals surface area contributed by atoms with Crippen molar-refractivity contribution >= 4 is 16.9 Å². The highest BCUT2D eigenvalue weighted by Gasteiger charge is 2.33. The number of carbonyl (C=O) groups is 1. The number of fused-ring (bicyclic) bond motifs is 1. The summed E-state index contributed by atoms with van der Waals surface area (Å²) in [5.41, 5.74) is 2.37. The van der Waals surface area contributed by atoms with Crippen LogP contribution in [0.25, 0.3) is 22.0 Å². The van der Waals surface area contributed by atoms with E-state index in [4.69, 9.17) is 9.84 Å². The van der Waals surface area contributed by atoms with Gasteiger partial charge in [-0.3, -0.25) is 9.78 Å². The van der Waals surface area contributed by atoms with Gasteiger partial charge in [-0.25, -0.2) is 0 Å². The number of hydrogen-bond acceptors (Lipinski definition) is 3. The zero-order chi connectivity index (χ0) is 23.4. The van der Waals surface area contributed by atoms with Crippen LogP contribution in [0.5, 0.6) is 5.75 Å². The first-order valence-electron chi connectivity index (χ1n) is 10.3. The van der Waals surface area contributed by atoms with Gasteiger partial charge < -0.3 is 9.84 Å². The number of alkyl halides is 3. The lowest BCUT2D eigenvalue weighted by Gasteiger charge is -2.13. The topological polar surface area (TPSA) is 59.4 Å². The third-order valence-corrected chi connectivity index (χ3v) is 5.28. The van der Waals surface area contributed by atoms with E-state index in [1.807, 2.05) is 30.3 Å². The average molecular weight is 451 g/mol. The van der Waals surface area contributed by atoms with Gasteiger partial charge in [0.25, 0.3) is 0 Å². The Bertz CT molecular complexity index is 1280. The van der Waals surface area contributed by atoms with Crippen LogP contribution < -0.4 is 4.74 Å². The molecule has 168 valence electrons. The first-order valence-corrected chi connectivity index (χ1v) is 10.3. The van der Waals surface area contributed by atoms with Crippen molar-refractivity contribution < 1.29 is 27.8 Å². The second-order valence-corrected chi connectivity index (χ2v) is 7.58. The first kappa shape index (κ1) is 22.3. The summed E-state index contributed by atoms with van der Waals surface area (Å²) >= 11 is 0. The molecule has 3 aromatic carbocycles. The lowest BCUT2D eigenvalue weighted by atomic mass is 9.99. The number of aliphatic carboxylic acids is 1. The molecule has 0 radical (unpaired) electrons. The van der Waals surface area contributed by atoms with E-state index in [0.29, 0.717) is 29.7 Å². The molecule has 0 unspecified atom stereocenters. The number of carboxylic acids is 1. The molecule has 0 aliphatic heterocycles. The first-order chi connectivity index (χ1) is 15.8. The molecule has 33 heavy (non-hydrogen) atoms. The molecular formula is C26H20F3NO3. The van der Waals surface area contributed by atoms with Crippen LogP contribution in [0.4, 0.5) is 13.2 Å². The summed E-state index contributed by atoms with van der Waals surface area (Å²) in [6.45, 7) is 0.304. The maximum absolute atomic E-state index is 13.4. The Hall–Kier alpha value is -3.87. The van der Waals surface area contributed by atoms with Crippen LogP contribution in [0.1, 0.15) is 23.1 Å². The molecule has 4 nitrogen and oxygen atoms in total.